The number of sulfonamides is 1. The lowest BCUT2D eigenvalue weighted by atomic mass is 9.74. The smallest absolute Gasteiger partial charge is 0.212 e. The van der Waals surface area contributed by atoms with E-state index in [1.54, 1.807) is 17.3 Å². The number of hydrogen-bond acceptors (Lipinski definition) is 2. The Bertz CT molecular complexity index is 976. The summed E-state index contributed by atoms with van der Waals surface area (Å²) in [6, 6.07) is 13.3. The van der Waals surface area contributed by atoms with E-state index in [0.29, 0.717) is 13.1 Å². The minimum atomic E-state index is -3.15. The molecule has 1 saturated heterocycles. The summed E-state index contributed by atoms with van der Waals surface area (Å²) < 4.78 is 40.1. The third-order valence-corrected chi connectivity index (χ3v) is 7.77. The number of fused-ring (bicyclic) bond motifs is 2. The van der Waals surface area contributed by atoms with Crippen molar-refractivity contribution >= 4 is 22.2 Å². The fourth-order valence-electron chi connectivity index (χ4n) is 4.44. The minimum Gasteiger partial charge on any atom is -0.212 e. The van der Waals surface area contributed by atoms with Gasteiger partial charge in [0.1, 0.15) is 5.82 Å². The predicted octanol–water partition coefficient (Wildman–Crippen LogP) is 4.50. The molecule has 1 heterocycles. The fraction of sp³-hybridized carbons (Fsp3) is 0.364. The van der Waals surface area contributed by atoms with Gasteiger partial charge in [0.25, 0.3) is 0 Å². The molecule has 4 rings (SSSR count). The Hall–Kier alpha value is -1.98. The summed E-state index contributed by atoms with van der Waals surface area (Å²) in [6.45, 7) is 2.77. The molecule has 0 amide bonds. The molecule has 2 aliphatic rings. The highest BCUT2D eigenvalue weighted by atomic mass is 32.2. The highest BCUT2D eigenvalue weighted by Crippen LogP contribution is 2.43. The van der Waals surface area contributed by atoms with Crippen molar-refractivity contribution in [3.8, 4) is 0 Å². The van der Waals surface area contributed by atoms with Crippen LogP contribution in [-0.2, 0) is 10.0 Å². The van der Waals surface area contributed by atoms with Gasteiger partial charge >= 0.3 is 0 Å². The van der Waals surface area contributed by atoms with Crippen molar-refractivity contribution in [1.29, 1.82) is 0 Å². The van der Waals surface area contributed by atoms with Gasteiger partial charge < -0.3 is 0 Å². The molecule has 1 aliphatic carbocycles. The zero-order chi connectivity index (χ0) is 19.0. The Morgan fingerprint density at radius 2 is 1.67 bits per heavy atom. The summed E-state index contributed by atoms with van der Waals surface area (Å²) in [4.78, 5) is 0. The molecule has 2 aromatic rings. The van der Waals surface area contributed by atoms with Crippen LogP contribution in [0.2, 0.25) is 0 Å². The van der Waals surface area contributed by atoms with Gasteiger partial charge in [0.2, 0.25) is 10.0 Å². The van der Waals surface area contributed by atoms with Crippen LogP contribution in [0.15, 0.2) is 42.5 Å². The maximum atomic E-state index is 14.1. The molecule has 2 aromatic carbocycles. The maximum Gasteiger partial charge on any atom is 0.213 e. The average Bonchev–Trinajstić information content (AvgIpc) is 2.84. The van der Waals surface area contributed by atoms with Crippen LogP contribution in [0.4, 0.5) is 4.39 Å². The first-order valence-corrected chi connectivity index (χ1v) is 11.1. The van der Waals surface area contributed by atoms with E-state index >= 15 is 0 Å². The summed E-state index contributed by atoms with van der Waals surface area (Å²) >= 11 is 0. The molecule has 0 radical (unpaired) electrons. The van der Waals surface area contributed by atoms with Crippen LogP contribution in [0.25, 0.3) is 12.2 Å². The standard InChI is InChI=1S/C22H24FNO2S/c1-2-27(25,26)24-13-11-18(12-14-24)22-20-6-4-3-5-16(20)7-8-17-9-10-19(23)15-21(17)22/h3-10,15,18,22H,2,11-14H2,1H3. The molecule has 27 heavy (non-hydrogen) atoms. The highest BCUT2D eigenvalue weighted by molar-refractivity contribution is 7.89. The molecular weight excluding hydrogens is 361 g/mol. The van der Waals surface area contributed by atoms with Gasteiger partial charge in [-0.25, -0.2) is 17.1 Å². The fourth-order valence-corrected chi connectivity index (χ4v) is 5.57. The van der Waals surface area contributed by atoms with Crippen molar-refractivity contribution in [2.75, 3.05) is 18.8 Å². The van der Waals surface area contributed by atoms with Gasteiger partial charge in [-0.2, -0.15) is 0 Å². The zero-order valence-electron chi connectivity index (χ0n) is 15.4. The van der Waals surface area contributed by atoms with Crippen molar-refractivity contribution in [2.45, 2.75) is 25.7 Å². The Morgan fingerprint density at radius 1 is 1.00 bits per heavy atom. The van der Waals surface area contributed by atoms with Crippen LogP contribution in [0.5, 0.6) is 0 Å². The van der Waals surface area contributed by atoms with Gasteiger partial charge in [-0.1, -0.05) is 42.5 Å². The second-order valence-electron chi connectivity index (χ2n) is 7.35. The zero-order valence-corrected chi connectivity index (χ0v) is 16.3. The second-order valence-corrected chi connectivity index (χ2v) is 9.61. The normalized spacial score (nSPS) is 20.7. The van der Waals surface area contributed by atoms with Crippen LogP contribution >= 0.6 is 0 Å². The topological polar surface area (TPSA) is 37.4 Å². The number of piperidine rings is 1. The first kappa shape index (κ1) is 18.4. The van der Waals surface area contributed by atoms with Crippen LogP contribution < -0.4 is 0 Å². The maximum absolute atomic E-state index is 14.1. The Labute approximate surface area is 160 Å². The molecule has 142 valence electrons. The summed E-state index contributed by atoms with van der Waals surface area (Å²) in [5.74, 6) is 0.280. The first-order valence-electron chi connectivity index (χ1n) is 9.54. The van der Waals surface area contributed by atoms with Crippen LogP contribution in [0.3, 0.4) is 0 Å². The van der Waals surface area contributed by atoms with Crippen molar-refractivity contribution in [1.82, 2.24) is 4.31 Å². The van der Waals surface area contributed by atoms with Crippen LogP contribution in [-0.4, -0.2) is 31.6 Å². The number of benzene rings is 2. The molecule has 1 aliphatic heterocycles. The number of hydrogen-bond donors (Lipinski definition) is 0. The SMILES string of the molecule is CCS(=O)(=O)N1CCC(C2c3ccccc3C=Cc3ccc(F)cc32)CC1. The lowest BCUT2D eigenvalue weighted by Crippen LogP contribution is -2.40. The molecule has 1 fully saturated rings. The van der Waals surface area contributed by atoms with Crippen molar-refractivity contribution < 1.29 is 12.8 Å². The summed E-state index contributed by atoms with van der Waals surface area (Å²) in [5.41, 5.74) is 4.41. The van der Waals surface area contributed by atoms with Gasteiger partial charge in [0, 0.05) is 19.0 Å². The van der Waals surface area contributed by atoms with Crippen molar-refractivity contribution in [2.24, 2.45) is 5.92 Å². The summed E-state index contributed by atoms with van der Waals surface area (Å²) in [5, 5.41) is 0. The molecule has 1 atom stereocenters. The summed E-state index contributed by atoms with van der Waals surface area (Å²) in [7, 11) is -3.15. The van der Waals surface area contributed by atoms with E-state index in [2.05, 4.69) is 24.3 Å². The lowest BCUT2D eigenvalue weighted by Gasteiger charge is -2.36. The molecular formula is C22H24FNO2S. The molecule has 3 nitrogen and oxygen atoms in total. The van der Waals surface area contributed by atoms with E-state index in [4.69, 9.17) is 0 Å². The Morgan fingerprint density at radius 3 is 2.37 bits per heavy atom. The summed E-state index contributed by atoms with van der Waals surface area (Å²) in [6.07, 6.45) is 5.73. The van der Waals surface area contributed by atoms with Crippen molar-refractivity contribution in [3.63, 3.8) is 0 Å². The minimum absolute atomic E-state index is 0.0772. The Balaban J connectivity index is 1.72. The molecule has 0 bridgehead atoms. The number of rotatable bonds is 3. The Kier molecular flexibility index (Phi) is 4.91. The predicted molar refractivity (Wildman–Crippen MR) is 107 cm³/mol. The van der Waals surface area contributed by atoms with Gasteiger partial charge in [0.15, 0.2) is 0 Å². The van der Waals surface area contributed by atoms with E-state index < -0.39 is 10.0 Å². The largest absolute Gasteiger partial charge is 0.213 e. The highest BCUT2D eigenvalue weighted by Gasteiger charge is 2.34. The molecule has 1 unspecified atom stereocenters. The lowest BCUT2D eigenvalue weighted by molar-refractivity contribution is 0.256. The van der Waals surface area contributed by atoms with E-state index in [0.717, 1.165) is 29.5 Å². The number of nitrogens with zero attached hydrogens (tertiary/aromatic N) is 1. The molecule has 0 aromatic heterocycles. The average molecular weight is 386 g/mol. The first-order chi connectivity index (χ1) is 13.0. The molecule has 0 spiro atoms. The van der Waals surface area contributed by atoms with E-state index in [-0.39, 0.29) is 23.4 Å². The van der Waals surface area contributed by atoms with Crippen LogP contribution in [0.1, 0.15) is 47.9 Å². The van der Waals surface area contributed by atoms with Gasteiger partial charge in [-0.15, -0.1) is 0 Å². The van der Waals surface area contributed by atoms with Crippen molar-refractivity contribution in [3.05, 3.63) is 70.5 Å². The van der Waals surface area contributed by atoms with Crippen LogP contribution in [0, 0.1) is 11.7 Å². The molecule has 0 saturated carbocycles. The van der Waals surface area contributed by atoms with Gasteiger partial charge in [-0.3, -0.25) is 0 Å². The third kappa shape index (κ3) is 3.46. The van der Waals surface area contributed by atoms with E-state index in [9.17, 15) is 12.8 Å². The molecule has 0 N–H and O–H groups in total. The third-order valence-electron chi connectivity index (χ3n) is 5.89. The quantitative estimate of drug-likeness (QED) is 0.780. The molecule has 5 heteroatoms. The second kappa shape index (κ2) is 7.21. The monoisotopic (exact) mass is 385 g/mol. The number of halogens is 1. The van der Waals surface area contributed by atoms with Gasteiger partial charge in [-0.05, 0) is 60.1 Å². The van der Waals surface area contributed by atoms with Gasteiger partial charge in [0.05, 0.1) is 5.75 Å². The van der Waals surface area contributed by atoms with E-state index in [1.165, 1.54) is 11.6 Å². The van der Waals surface area contributed by atoms with E-state index in [1.807, 2.05) is 18.2 Å².